The molecule has 0 spiro atoms. The van der Waals surface area contributed by atoms with Crippen molar-refractivity contribution in [2.45, 2.75) is 10.7 Å². The number of carbonyl (C=O) groups is 1. The lowest BCUT2D eigenvalue weighted by atomic mass is 10.2. The van der Waals surface area contributed by atoms with Crippen molar-refractivity contribution in [3.63, 3.8) is 0 Å². The maximum atomic E-state index is 12.2. The zero-order valence-electron chi connectivity index (χ0n) is 11.3. The Bertz CT molecular complexity index is 657. The van der Waals surface area contributed by atoms with Gasteiger partial charge in [0.1, 0.15) is 0 Å². The number of benzene rings is 2. The van der Waals surface area contributed by atoms with Gasteiger partial charge in [-0.1, -0.05) is 35.5 Å². The van der Waals surface area contributed by atoms with Crippen LogP contribution in [0.2, 0.25) is 5.02 Å². The Kier molecular flexibility index (Phi) is 5.98. The molecular formula is C16H12ClF2NOS. The van der Waals surface area contributed by atoms with Crippen LogP contribution in [0.3, 0.4) is 0 Å². The lowest BCUT2D eigenvalue weighted by Gasteiger charge is -2.04. The number of halogens is 3. The van der Waals surface area contributed by atoms with Crippen molar-refractivity contribution in [1.82, 2.24) is 0 Å². The molecule has 0 bridgehead atoms. The summed E-state index contributed by atoms with van der Waals surface area (Å²) in [6.07, 6.45) is 3.05. The van der Waals surface area contributed by atoms with Gasteiger partial charge < -0.3 is 5.32 Å². The maximum Gasteiger partial charge on any atom is 0.288 e. The SMILES string of the molecule is O=C(/C=C/c1ccc(Cl)cc1)Nc1ccc(SC(F)F)cc1. The van der Waals surface area contributed by atoms with Crippen LogP contribution in [0.5, 0.6) is 0 Å². The topological polar surface area (TPSA) is 29.1 Å². The molecule has 0 heterocycles. The largest absolute Gasteiger partial charge is 0.323 e. The number of anilines is 1. The molecule has 6 heteroatoms. The maximum absolute atomic E-state index is 12.2. The summed E-state index contributed by atoms with van der Waals surface area (Å²) in [5.41, 5.74) is 1.40. The highest BCUT2D eigenvalue weighted by Gasteiger charge is 2.05. The molecule has 0 saturated carbocycles. The van der Waals surface area contributed by atoms with Gasteiger partial charge in [-0.2, -0.15) is 8.78 Å². The summed E-state index contributed by atoms with van der Waals surface area (Å²) in [4.78, 5) is 12.2. The van der Waals surface area contributed by atoms with Crippen molar-refractivity contribution < 1.29 is 13.6 Å². The number of hydrogen-bond donors (Lipinski definition) is 1. The second-order valence-electron chi connectivity index (χ2n) is 4.28. The number of alkyl halides is 2. The molecule has 0 aromatic heterocycles. The predicted octanol–water partition coefficient (Wildman–Crippen LogP) is 5.31. The molecule has 0 aliphatic carbocycles. The van der Waals surface area contributed by atoms with Crippen LogP contribution in [-0.2, 0) is 4.79 Å². The van der Waals surface area contributed by atoms with E-state index in [0.29, 0.717) is 27.4 Å². The molecule has 2 nitrogen and oxygen atoms in total. The van der Waals surface area contributed by atoms with Crippen molar-refractivity contribution in [2.75, 3.05) is 5.32 Å². The van der Waals surface area contributed by atoms with Gasteiger partial charge in [0.25, 0.3) is 5.76 Å². The molecule has 2 rings (SSSR count). The van der Waals surface area contributed by atoms with Gasteiger partial charge in [-0.25, -0.2) is 0 Å². The number of thioether (sulfide) groups is 1. The summed E-state index contributed by atoms with van der Waals surface area (Å²) in [5, 5.41) is 3.28. The van der Waals surface area contributed by atoms with E-state index in [1.807, 2.05) is 0 Å². The minimum Gasteiger partial charge on any atom is -0.323 e. The van der Waals surface area contributed by atoms with Gasteiger partial charge in [0.15, 0.2) is 0 Å². The Morgan fingerprint density at radius 3 is 2.32 bits per heavy atom. The number of nitrogens with one attached hydrogen (secondary N) is 1. The quantitative estimate of drug-likeness (QED) is 0.591. The number of carbonyl (C=O) groups excluding carboxylic acids is 1. The third kappa shape index (κ3) is 5.50. The highest BCUT2D eigenvalue weighted by atomic mass is 35.5. The van der Waals surface area contributed by atoms with E-state index in [2.05, 4.69) is 5.32 Å². The van der Waals surface area contributed by atoms with Crippen LogP contribution in [0.4, 0.5) is 14.5 Å². The second kappa shape index (κ2) is 7.96. The Balaban J connectivity index is 1.92. The van der Waals surface area contributed by atoms with Crippen LogP contribution < -0.4 is 5.32 Å². The van der Waals surface area contributed by atoms with E-state index in [9.17, 15) is 13.6 Å². The Labute approximate surface area is 136 Å². The fourth-order valence-electron chi connectivity index (χ4n) is 1.65. The molecule has 2 aromatic carbocycles. The van der Waals surface area contributed by atoms with Gasteiger partial charge in [0, 0.05) is 21.7 Å². The first-order valence-electron chi connectivity index (χ1n) is 6.32. The summed E-state index contributed by atoms with van der Waals surface area (Å²) in [5.74, 6) is -2.76. The zero-order chi connectivity index (χ0) is 15.9. The first-order chi connectivity index (χ1) is 10.5. The highest BCUT2D eigenvalue weighted by molar-refractivity contribution is 7.99. The van der Waals surface area contributed by atoms with E-state index in [1.54, 1.807) is 42.5 Å². The first kappa shape index (κ1) is 16.5. The molecular weight excluding hydrogens is 328 g/mol. The molecule has 1 amide bonds. The van der Waals surface area contributed by atoms with Crippen LogP contribution in [0.1, 0.15) is 5.56 Å². The first-order valence-corrected chi connectivity index (χ1v) is 7.58. The van der Waals surface area contributed by atoms with Crippen molar-refractivity contribution in [2.24, 2.45) is 0 Å². The van der Waals surface area contributed by atoms with Crippen LogP contribution >= 0.6 is 23.4 Å². The standard InChI is InChI=1S/C16H12ClF2NOS/c17-12-4-1-11(2-5-12)3-10-15(21)20-13-6-8-14(9-7-13)22-16(18)19/h1-10,16H,(H,20,21)/b10-3+. The molecule has 0 radical (unpaired) electrons. The lowest BCUT2D eigenvalue weighted by Crippen LogP contribution is -2.07. The molecule has 0 saturated heterocycles. The zero-order valence-corrected chi connectivity index (χ0v) is 12.9. The van der Waals surface area contributed by atoms with Crippen molar-refractivity contribution in [1.29, 1.82) is 0 Å². The molecule has 0 unspecified atom stereocenters. The van der Waals surface area contributed by atoms with Crippen LogP contribution in [0.15, 0.2) is 59.5 Å². The van der Waals surface area contributed by atoms with Gasteiger partial charge in [-0.3, -0.25) is 4.79 Å². The number of amides is 1. The molecule has 1 N–H and O–H groups in total. The van der Waals surface area contributed by atoms with Crippen LogP contribution in [0, 0.1) is 0 Å². The summed E-state index contributed by atoms with van der Waals surface area (Å²) < 4.78 is 24.4. The second-order valence-corrected chi connectivity index (χ2v) is 5.78. The summed E-state index contributed by atoms with van der Waals surface area (Å²) in [6, 6.07) is 13.3. The average molecular weight is 340 g/mol. The molecule has 0 aliphatic heterocycles. The minimum absolute atomic E-state index is 0.302. The van der Waals surface area contributed by atoms with Crippen LogP contribution in [-0.4, -0.2) is 11.7 Å². The van der Waals surface area contributed by atoms with E-state index in [4.69, 9.17) is 11.6 Å². The smallest absolute Gasteiger partial charge is 0.288 e. The molecule has 114 valence electrons. The summed E-state index contributed by atoms with van der Waals surface area (Å²) in [6.45, 7) is 0. The van der Waals surface area contributed by atoms with E-state index in [0.717, 1.165) is 5.56 Å². The van der Waals surface area contributed by atoms with Crippen molar-refractivity contribution in [3.05, 3.63) is 65.2 Å². The van der Waals surface area contributed by atoms with Gasteiger partial charge in [0.05, 0.1) is 0 Å². The number of rotatable bonds is 5. The fraction of sp³-hybridized carbons (Fsp3) is 0.0625. The van der Waals surface area contributed by atoms with Crippen molar-refractivity contribution >= 4 is 41.0 Å². The van der Waals surface area contributed by atoms with E-state index < -0.39 is 5.76 Å². The average Bonchev–Trinajstić information content (AvgIpc) is 2.48. The fourth-order valence-corrected chi connectivity index (χ4v) is 2.27. The Morgan fingerprint density at radius 2 is 1.73 bits per heavy atom. The van der Waals surface area contributed by atoms with Crippen LogP contribution in [0.25, 0.3) is 6.08 Å². The van der Waals surface area contributed by atoms with Gasteiger partial charge in [-0.05, 0) is 48.0 Å². The monoisotopic (exact) mass is 339 g/mol. The molecule has 22 heavy (non-hydrogen) atoms. The lowest BCUT2D eigenvalue weighted by molar-refractivity contribution is -0.111. The molecule has 0 fully saturated rings. The predicted molar refractivity (Wildman–Crippen MR) is 87.4 cm³/mol. The van der Waals surface area contributed by atoms with E-state index in [1.165, 1.54) is 18.2 Å². The van der Waals surface area contributed by atoms with Gasteiger partial charge >= 0.3 is 0 Å². The molecule has 0 atom stereocenters. The third-order valence-electron chi connectivity index (χ3n) is 2.64. The number of hydrogen-bond acceptors (Lipinski definition) is 2. The van der Waals surface area contributed by atoms with Crippen molar-refractivity contribution in [3.8, 4) is 0 Å². The summed E-state index contributed by atoms with van der Waals surface area (Å²) in [7, 11) is 0. The normalized spacial score (nSPS) is 11.1. The van der Waals surface area contributed by atoms with Gasteiger partial charge in [0.2, 0.25) is 5.91 Å². The Hall–Kier alpha value is -1.85. The van der Waals surface area contributed by atoms with E-state index in [-0.39, 0.29) is 5.91 Å². The third-order valence-corrected chi connectivity index (χ3v) is 3.62. The minimum atomic E-state index is -2.46. The Morgan fingerprint density at radius 1 is 1.09 bits per heavy atom. The molecule has 0 aliphatic rings. The molecule has 2 aromatic rings. The highest BCUT2D eigenvalue weighted by Crippen LogP contribution is 2.26. The van der Waals surface area contributed by atoms with Gasteiger partial charge in [-0.15, -0.1) is 0 Å². The van der Waals surface area contributed by atoms with E-state index >= 15 is 0 Å². The summed E-state index contributed by atoms with van der Waals surface area (Å²) >= 11 is 6.24.